The quantitative estimate of drug-likeness (QED) is 0.0565. The Hall–Kier alpha value is -4.73. The summed E-state index contributed by atoms with van der Waals surface area (Å²) in [4.78, 5) is 7.48. The first kappa shape index (κ1) is 74.7. The fourth-order valence-electron chi connectivity index (χ4n) is 11.8. The molecular weight excluding hydrogens is 1210 g/mol. The third-order valence-corrected chi connectivity index (χ3v) is 19.6. The number of nitrogens with one attached hydrogen (secondary N) is 4. The van der Waals surface area contributed by atoms with Crippen molar-refractivity contribution in [3.05, 3.63) is 192 Å². The van der Waals surface area contributed by atoms with Crippen LogP contribution in [0.3, 0.4) is 0 Å². The lowest BCUT2D eigenvalue weighted by Gasteiger charge is -2.48. The Balaban J connectivity index is 0.000000198. The van der Waals surface area contributed by atoms with Crippen molar-refractivity contribution in [2.75, 3.05) is 27.3 Å². The molecule has 411 valence electrons. The minimum atomic E-state index is -3.66. The number of benzene rings is 7. The topological polar surface area (TPSA) is 142 Å². The van der Waals surface area contributed by atoms with Gasteiger partial charge in [-0.3, -0.25) is 0 Å². The van der Waals surface area contributed by atoms with Crippen LogP contribution >= 0.6 is 15.9 Å². The van der Waals surface area contributed by atoms with E-state index in [0.29, 0.717) is 19.4 Å². The maximum Gasteiger partial charge on any atom is 0.240 e. The van der Waals surface area contributed by atoms with Crippen LogP contribution in [0.4, 0.5) is 0 Å². The number of fused-ring (bicyclic) bond motifs is 2. The summed E-state index contributed by atoms with van der Waals surface area (Å²) in [6.45, 7) is 0.572. The second-order valence-corrected chi connectivity index (χ2v) is 26.7. The van der Waals surface area contributed by atoms with Crippen molar-refractivity contribution in [1.29, 1.82) is 0 Å². The highest BCUT2D eigenvalue weighted by Gasteiger charge is 2.50. The summed E-state index contributed by atoms with van der Waals surface area (Å²) in [6.07, 6.45) is -9.44. The highest BCUT2D eigenvalue weighted by atomic mass is 79.9. The first-order chi connectivity index (χ1) is 43.8. The van der Waals surface area contributed by atoms with E-state index >= 15 is 0 Å². The van der Waals surface area contributed by atoms with Crippen molar-refractivity contribution in [3.8, 4) is 45.1 Å². The lowest BCUT2D eigenvalue weighted by molar-refractivity contribution is 0.415. The van der Waals surface area contributed by atoms with Gasteiger partial charge in [0.25, 0.3) is 0 Å². The molecule has 7 aromatic carbocycles. The molecule has 0 atom stereocenters. The first-order valence-electron chi connectivity index (χ1n) is 29.6. The molecule has 0 aliphatic heterocycles. The van der Waals surface area contributed by atoms with Gasteiger partial charge in [-0.1, -0.05) is 101 Å². The van der Waals surface area contributed by atoms with Gasteiger partial charge in [-0.05, 0) is 137 Å². The minimum absolute atomic E-state index is 0.242. The average molecular weight is 1260 g/mol. The van der Waals surface area contributed by atoms with Crippen LogP contribution in [-0.2, 0) is 32.9 Å². The summed E-state index contributed by atoms with van der Waals surface area (Å²) < 4.78 is 68.3. The van der Waals surface area contributed by atoms with Gasteiger partial charge in [0, 0.05) is 243 Å². The molecule has 4 N–H and O–H groups in total. The molecule has 10 nitrogen and oxygen atoms in total. The third-order valence-electron chi connectivity index (χ3n) is 16.2. The minimum Gasteiger partial charge on any atom is -0.497 e. The number of methoxy groups -OCH3 is 2. The first-order valence-corrected chi connectivity index (χ1v) is 33.3. The number of aromatic nitrogens is 2. The van der Waals surface area contributed by atoms with Crippen molar-refractivity contribution >= 4 is 250 Å². The number of para-hydroxylation sites is 2. The predicted octanol–water partition coefficient (Wildman–Crippen LogP) is 0.877. The molecule has 2 aromatic heterocycles. The van der Waals surface area contributed by atoms with E-state index in [0.717, 1.165) is 82.5 Å². The number of rotatable bonds is 27. The average Bonchev–Trinajstić information content (AvgIpc) is 1.09. The number of ether oxygens (including phenoxy) is 2. The van der Waals surface area contributed by atoms with Gasteiger partial charge in [0.2, 0.25) is 20.0 Å². The van der Waals surface area contributed by atoms with Crippen LogP contribution in [0.1, 0.15) is 11.1 Å². The van der Waals surface area contributed by atoms with E-state index in [9.17, 15) is 16.8 Å². The van der Waals surface area contributed by atoms with Crippen LogP contribution in [0.25, 0.3) is 55.4 Å². The van der Waals surface area contributed by atoms with E-state index in [1.165, 1.54) is 7.06 Å². The van der Waals surface area contributed by atoms with Gasteiger partial charge in [0.15, 0.2) is 0 Å². The molecule has 0 unspecified atom stereocenters. The zero-order chi connectivity index (χ0) is 67.0. The molecule has 0 amide bonds. The number of aromatic amines is 2. The Bertz CT molecular complexity index is 4000. The number of H-pyrrole nitrogens is 2. The van der Waals surface area contributed by atoms with Crippen LogP contribution in [0.2, 0.25) is 0 Å². The molecule has 0 spiro atoms. The van der Waals surface area contributed by atoms with Crippen LogP contribution in [0.5, 0.6) is 11.5 Å². The van der Waals surface area contributed by atoms with Gasteiger partial charge >= 0.3 is 0 Å². The SMILES string of the molecule is COc1ccc(-c2[nH]c3ccccc3c2CCNS(=O)(=O)c2cccc(-c3ccccc3)c2)cc1.COc1ccc(-c2[nH]c3ccccc3c2CCNS(=O)(=O)c2cccc(Br)c2)cc1.[B][B]B([B])B(B(B([B])[B])B([B])[B])B(B(B([B])[B])B([B])[B])B(B([B])[B])B([B])[B]. The van der Waals surface area contributed by atoms with Crippen LogP contribution < -0.4 is 18.9 Å². The largest absolute Gasteiger partial charge is 0.497 e. The van der Waals surface area contributed by atoms with Crippen molar-refractivity contribution in [2.24, 2.45) is 0 Å². The summed E-state index contributed by atoms with van der Waals surface area (Å²) in [5.74, 6) is 1.58. The maximum atomic E-state index is 13.1. The Morgan fingerprint density at radius 3 is 1.18 bits per heavy atom. The highest BCUT2D eigenvalue weighted by Crippen LogP contribution is 2.34. The fourth-order valence-corrected chi connectivity index (χ4v) is 14.5. The van der Waals surface area contributed by atoms with Gasteiger partial charge in [0.1, 0.15) is 11.5 Å². The predicted molar refractivity (Wildman–Crippen MR) is 420 cm³/mol. The fraction of sp³-hybridized carbons (Fsp3) is 0.115. The monoisotopic (exact) mass is 1260 g/mol. The summed E-state index contributed by atoms with van der Waals surface area (Å²) in [5, 5.41) is 2.17. The van der Waals surface area contributed by atoms with Crippen LogP contribution in [0.15, 0.2) is 190 Å². The molecule has 9 rings (SSSR count). The van der Waals surface area contributed by atoms with Gasteiger partial charge in [-0.25, -0.2) is 26.3 Å². The van der Waals surface area contributed by atoms with Gasteiger partial charge < -0.3 is 19.4 Å². The van der Waals surface area contributed by atoms with Gasteiger partial charge in [-0.2, -0.15) is 0 Å². The molecular formula is C52H47B27BrN4O6S2. The second-order valence-electron chi connectivity index (χ2n) is 22.3. The van der Waals surface area contributed by atoms with E-state index < -0.39 is 96.7 Å². The second kappa shape index (κ2) is 34.8. The van der Waals surface area contributed by atoms with Crippen molar-refractivity contribution in [1.82, 2.24) is 19.4 Å². The molecule has 40 heteroatoms. The number of halogens is 1. The van der Waals surface area contributed by atoms with Gasteiger partial charge in [-0.15, -0.1) is 0 Å². The van der Waals surface area contributed by atoms with E-state index in [4.69, 9.17) is 118 Å². The van der Waals surface area contributed by atoms with E-state index in [1.54, 1.807) is 56.7 Å². The number of hydrogen-bond donors (Lipinski definition) is 4. The Morgan fingerprint density at radius 1 is 0.424 bits per heavy atom. The van der Waals surface area contributed by atoms with Crippen LogP contribution in [0, 0.1) is 0 Å². The Kier molecular flexibility index (Phi) is 28.2. The van der Waals surface area contributed by atoms with E-state index in [2.05, 4.69) is 47.5 Å². The molecule has 0 aliphatic rings. The molecule has 0 saturated carbocycles. The maximum absolute atomic E-state index is 13.1. The molecule has 2 heterocycles. The summed E-state index contributed by atoms with van der Waals surface area (Å²) in [7, 11) is 80.6. The molecule has 92 heavy (non-hydrogen) atoms. The lowest BCUT2D eigenvalue weighted by Crippen LogP contribution is -2.86. The van der Waals surface area contributed by atoms with Crippen molar-refractivity contribution in [2.45, 2.75) is 22.6 Å². The molecule has 0 fully saturated rings. The lowest BCUT2D eigenvalue weighted by atomic mass is 8.33. The Morgan fingerprint density at radius 2 is 0.793 bits per heavy atom. The molecule has 29 radical (unpaired) electrons. The van der Waals surface area contributed by atoms with E-state index in [1.807, 2.05) is 121 Å². The standard InChI is InChI=1S/C29H26N2O3S.C23H21BrN2O3S.B27/c1-34-24-16-14-22(15-17-24)29-27(26-12-5-6-13-28(26)31-29)18-19-30-35(32,33)25-11-7-10-23(20-25)21-8-3-2-4-9-21;1-29-18-11-9-16(10-12-18)23-21(20-7-2-3-8-22(20)26-23)13-14-25-30(27,28)19-6-4-5-17(24)15-19;1-15-22(14)26(23(16(2)3)17(4)5)27(24(18(6)7)19(8)9)25(20(10)11)21(12)13/h2-17,20,30-31H,18-19H2,1H3;2-12,15,25-26H,13-14H2,1H3;. The van der Waals surface area contributed by atoms with Crippen molar-refractivity contribution < 1.29 is 26.3 Å². The number of sulfonamides is 2. The molecule has 0 bridgehead atoms. The molecule has 0 aliphatic carbocycles. The van der Waals surface area contributed by atoms with Crippen molar-refractivity contribution in [3.63, 3.8) is 0 Å². The highest BCUT2D eigenvalue weighted by molar-refractivity contribution is 9.10. The molecule has 0 saturated heterocycles. The zero-order valence-electron chi connectivity index (χ0n) is 51.3. The smallest absolute Gasteiger partial charge is 0.240 e. The normalized spacial score (nSPS) is 10.9. The summed E-state index contributed by atoms with van der Waals surface area (Å²) in [5.41, 5.74) is 10.1. The third kappa shape index (κ3) is 19.3. The molecule has 9 aromatic rings. The zero-order valence-corrected chi connectivity index (χ0v) is 54.5. The van der Waals surface area contributed by atoms with Gasteiger partial charge in [0.05, 0.1) is 24.0 Å². The Labute approximate surface area is 577 Å². The van der Waals surface area contributed by atoms with E-state index in [-0.39, 0.29) is 16.3 Å². The van der Waals surface area contributed by atoms with Crippen LogP contribution in [-0.4, -0.2) is 246 Å². The number of hydrogen-bond acceptors (Lipinski definition) is 6. The summed E-state index contributed by atoms with van der Waals surface area (Å²) in [6, 6.07) is 55.3. The summed E-state index contributed by atoms with van der Waals surface area (Å²) >= 11 is 3.32.